The van der Waals surface area contributed by atoms with E-state index in [1.807, 2.05) is 0 Å². The highest BCUT2D eigenvalue weighted by Gasteiger charge is 2.16. The van der Waals surface area contributed by atoms with Gasteiger partial charge in [-0.05, 0) is 29.2 Å². The van der Waals surface area contributed by atoms with Gasteiger partial charge in [0.25, 0.3) is 0 Å². The molecule has 0 amide bonds. The van der Waals surface area contributed by atoms with Crippen LogP contribution in [-0.2, 0) is 13.7 Å². The Kier molecular flexibility index (Phi) is 3.52. The molecule has 0 aliphatic carbocycles. The van der Waals surface area contributed by atoms with Gasteiger partial charge in [-0.2, -0.15) is 0 Å². The van der Waals surface area contributed by atoms with Crippen LogP contribution in [0.5, 0.6) is 5.75 Å². The highest BCUT2D eigenvalue weighted by Crippen LogP contribution is 2.17. The minimum Gasteiger partial charge on any atom is -0.483 e. The molecule has 18 heavy (non-hydrogen) atoms. The molecule has 0 radical (unpaired) electrons. The van der Waals surface area contributed by atoms with Crippen LogP contribution in [0.4, 0.5) is 5.82 Å². The van der Waals surface area contributed by atoms with Crippen molar-refractivity contribution in [2.75, 3.05) is 0 Å². The van der Waals surface area contributed by atoms with Gasteiger partial charge < -0.3 is 14.9 Å². The van der Waals surface area contributed by atoms with Gasteiger partial charge in [-0.3, -0.25) is 0 Å². The Balaban J connectivity index is 2.06. The Morgan fingerprint density at radius 3 is 2.67 bits per heavy atom. The molecule has 0 N–H and O–H groups in total. The summed E-state index contributed by atoms with van der Waals surface area (Å²) in [7, 11) is 1.58. The number of nitro groups is 1. The molecule has 0 bridgehead atoms. The molecule has 0 saturated heterocycles. The molecule has 1 aromatic heterocycles. The van der Waals surface area contributed by atoms with Crippen LogP contribution >= 0.6 is 12.6 Å². The lowest BCUT2D eigenvalue weighted by molar-refractivity contribution is -0.391. The zero-order chi connectivity index (χ0) is 13.1. The second-order valence-corrected chi connectivity index (χ2v) is 4.15. The zero-order valence-electron chi connectivity index (χ0n) is 9.61. The van der Waals surface area contributed by atoms with Crippen LogP contribution in [0, 0.1) is 10.1 Å². The van der Waals surface area contributed by atoms with E-state index in [1.54, 1.807) is 31.3 Å². The van der Waals surface area contributed by atoms with E-state index in [0.29, 0.717) is 11.6 Å². The van der Waals surface area contributed by atoms with Crippen molar-refractivity contribution in [3.05, 3.63) is 46.4 Å². The first-order valence-corrected chi connectivity index (χ1v) is 5.59. The van der Waals surface area contributed by atoms with Crippen molar-refractivity contribution in [3.63, 3.8) is 0 Å². The molecule has 0 fully saturated rings. The number of benzene rings is 1. The molecule has 2 aromatic rings. The Morgan fingerprint density at radius 1 is 1.44 bits per heavy atom. The van der Waals surface area contributed by atoms with Gasteiger partial charge in [-0.25, -0.2) is 9.55 Å². The SMILES string of the molecule is Cn1c([N+](=O)[O-])cnc1COc1ccc(S)cc1. The molecule has 1 aromatic carbocycles. The van der Waals surface area contributed by atoms with E-state index in [-0.39, 0.29) is 12.4 Å². The fraction of sp³-hybridized carbons (Fsp3) is 0.182. The number of imidazole rings is 1. The zero-order valence-corrected chi connectivity index (χ0v) is 10.5. The minimum absolute atomic E-state index is 0.0562. The third kappa shape index (κ3) is 2.62. The molecule has 7 heteroatoms. The number of aromatic nitrogens is 2. The molecule has 0 saturated carbocycles. The van der Waals surface area contributed by atoms with E-state index in [9.17, 15) is 10.1 Å². The molecule has 0 aliphatic heterocycles. The van der Waals surface area contributed by atoms with E-state index < -0.39 is 4.92 Å². The van der Waals surface area contributed by atoms with Crippen molar-refractivity contribution >= 4 is 18.4 Å². The summed E-state index contributed by atoms with van der Waals surface area (Å²) in [4.78, 5) is 15.0. The lowest BCUT2D eigenvalue weighted by Gasteiger charge is -2.04. The van der Waals surface area contributed by atoms with Crippen molar-refractivity contribution in [2.45, 2.75) is 11.5 Å². The second kappa shape index (κ2) is 5.09. The third-order valence-corrected chi connectivity index (χ3v) is 2.75. The summed E-state index contributed by atoms with van der Waals surface area (Å²) < 4.78 is 6.88. The first kappa shape index (κ1) is 12.4. The summed E-state index contributed by atoms with van der Waals surface area (Å²) in [6, 6.07) is 7.16. The number of thiol groups is 1. The number of rotatable bonds is 4. The minimum atomic E-state index is -0.480. The Bertz CT molecular complexity index is 565. The average molecular weight is 265 g/mol. The van der Waals surface area contributed by atoms with Crippen LogP contribution in [0.3, 0.4) is 0 Å². The topological polar surface area (TPSA) is 70.2 Å². The molecule has 0 spiro atoms. The van der Waals surface area contributed by atoms with Crippen LogP contribution in [0.1, 0.15) is 5.82 Å². The maximum atomic E-state index is 10.6. The number of hydrogen-bond acceptors (Lipinski definition) is 5. The van der Waals surface area contributed by atoms with Crippen LogP contribution in [-0.4, -0.2) is 14.5 Å². The van der Waals surface area contributed by atoms with E-state index in [2.05, 4.69) is 17.6 Å². The van der Waals surface area contributed by atoms with E-state index in [0.717, 1.165) is 4.90 Å². The normalized spacial score (nSPS) is 10.3. The number of nitrogens with zero attached hydrogens (tertiary/aromatic N) is 3. The van der Waals surface area contributed by atoms with Crippen molar-refractivity contribution in [3.8, 4) is 5.75 Å². The number of hydrogen-bond donors (Lipinski definition) is 1. The molecule has 6 nitrogen and oxygen atoms in total. The van der Waals surface area contributed by atoms with Crippen LogP contribution < -0.4 is 4.74 Å². The van der Waals surface area contributed by atoms with E-state index in [4.69, 9.17) is 4.74 Å². The van der Waals surface area contributed by atoms with Crippen molar-refractivity contribution in [2.24, 2.45) is 7.05 Å². The molecular formula is C11H11N3O3S. The fourth-order valence-corrected chi connectivity index (χ4v) is 1.58. The number of ether oxygens (including phenoxy) is 1. The van der Waals surface area contributed by atoms with Gasteiger partial charge in [0, 0.05) is 4.90 Å². The first-order valence-electron chi connectivity index (χ1n) is 5.14. The van der Waals surface area contributed by atoms with Gasteiger partial charge in [-0.15, -0.1) is 12.6 Å². The largest absolute Gasteiger partial charge is 0.483 e. The van der Waals surface area contributed by atoms with Crippen LogP contribution in [0.25, 0.3) is 0 Å². The summed E-state index contributed by atoms with van der Waals surface area (Å²) in [6.07, 6.45) is 1.22. The maximum Gasteiger partial charge on any atom is 0.342 e. The summed E-state index contributed by atoms with van der Waals surface area (Å²) in [5.41, 5.74) is 0. The standard InChI is InChI=1S/C11H11N3O3S/c1-13-10(12-6-11(13)14(15)16)7-17-8-2-4-9(18)5-3-8/h2-6,18H,7H2,1H3. The molecule has 0 atom stereocenters. The molecule has 0 unspecified atom stereocenters. The lowest BCUT2D eigenvalue weighted by Crippen LogP contribution is -2.05. The lowest BCUT2D eigenvalue weighted by atomic mass is 10.3. The van der Waals surface area contributed by atoms with Gasteiger partial charge in [0.1, 0.15) is 11.9 Å². The average Bonchev–Trinajstić information content (AvgIpc) is 2.70. The van der Waals surface area contributed by atoms with Crippen LogP contribution in [0.15, 0.2) is 35.4 Å². The van der Waals surface area contributed by atoms with Gasteiger partial charge in [0.15, 0.2) is 6.61 Å². The summed E-state index contributed by atoms with van der Waals surface area (Å²) in [6.45, 7) is 0.177. The maximum absolute atomic E-state index is 10.6. The van der Waals surface area contributed by atoms with Crippen molar-refractivity contribution < 1.29 is 9.66 Å². The summed E-state index contributed by atoms with van der Waals surface area (Å²) >= 11 is 4.16. The second-order valence-electron chi connectivity index (χ2n) is 3.63. The van der Waals surface area contributed by atoms with Gasteiger partial charge in [0.2, 0.25) is 5.82 Å². The molecule has 94 valence electrons. The van der Waals surface area contributed by atoms with Crippen LogP contribution in [0.2, 0.25) is 0 Å². The summed E-state index contributed by atoms with van der Waals surface area (Å²) in [5, 5.41) is 10.6. The molecule has 0 aliphatic rings. The monoisotopic (exact) mass is 265 g/mol. The van der Waals surface area contributed by atoms with Gasteiger partial charge in [0.05, 0.1) is 7.05 Å². The predicted molar refractivity (Wildman–Crippen MR) is 67.9 cm³/mol. The van der Waals surface area contributed by atoms with Gasteiger partial charge in [-0.1, -0.05) is 0 Å². The first-order chi connectivity index (χ1) is 8.58. The predicted octanol–water partition coefficient (Wildman–Crippen LogP) is 2.20. The summed E-state index contributed by atoms with van der Waals surface area (Å²) in [5.74, 6) is 1.11. The highest BCUT2D eigenvalue weighted by molar-refractivity contribution is 7.80. The van der Waals surface area contributed by atoms with E-state index >= 15 is 0 Å². The Hall–Kier alpha value is -2.02. The molecular weight excluding hydrogens is 254 g/mol. The Labute approximate surface area is 109 Å². The molecule has 2 rings (SSSR count). The third-order valence-electron chi connectivity index (χ3n) is 2.45. The highest BCUT2D eigenvalue weighted by atomic mass is 32.1. The molecule has 1 heterocycles. The van der Waals surface area contributed by atoms with Crippen molar-refractivity contribution in [1.82, 2.24) is 9.55 Å². The fourth-order valence-electron chi connectivity index (χ4n) is 1.43. The quantitative estimate of drug-likeness (QED) is 0.522. The van der Waals surface area contributed by atoms with E-state index in [1.165, 1.54) is 10.8 Å². The van der Waals surface area contributed by atoms with Crippen molar-refractivity contribution in [1.29, 1.82) is 0 Å². The van der Waals surface area contributed by atoms with Gasteiger partial charge >= 0.3 is 5.82 Å². The smallest absolute Gasteiger partial charge is 0.342 e. The Morgan fingerprint density at radius 2 is 2.11 bits per heavy atom.